The van der Waals surface area contributed by atoms with Crippen LogP contribution in [-0.2, 0) is 4.74 Å². The summed E-state index contributed by atoms with van der Waals surface area (Å²) in [6, 6.07) is 3.42. The lowest BCUT2D eigenvalue weighted by atomic mass is 9.89. The SMILES string of the molecule is COC(=O)c1cc2cc(C(=O)NC(C)CCC(C)(C)C)[nH]c2cn1. The van der Waals surface area contributed by atoms with Crippen molar-refractivity contribution >= 4 is 22.8 Å². The van der Waals surface area contributed by atoms with Crippen molar-refractivity contribution in [3.63, 3.8) is 0 Å². The second-order valence-electron chi connectivity index (χ2n) is 7.31. The maximum Gasteiger partial charge on any atom is 0.356 e. The second kappa shape index (κ2) is 7.03. The molecule has 6 heteroatoms. The van der Waals surface area contributed by atoms with E-state index < -0.39 is 5.97 Å². The van der Waals surface area contributed by atoms with E-state index in [0.29, 0.717) is 11.2 Å². The van der Waals surface area contributed by atoms with Crippen LogP contribution in [0.2, 0.25) is 0 Å². The molecule has 2 N–H and O–H groups in total. The van der Waals surface area contributed by atoms with Crippen LogP contribution in [0.3, 0.4) is 0 Å². The molecule has 130 valence electrons. The summed E-state index contributed by atoms with van der Waals surface area (Å²) in [5.41, 5.74) is 1.62. The minimum Gasteiger partial charge on any atom is -0.464 e. The van der Waals surface area contributed by atoms with E-state index in [0.717, 1.165) is 18.2 Å². The molecular weight excluding hydrogens is 306 g/mol. The summed E-state index contributed by atoms with van der Waals surface area (Å²) in [5, 5.41) is 3.74. The molecule has 0 aliphatic carbocycles. The number of hydrogen-bond acceptors (Lipinski definition) is 4. The number of fused-ring (bicyclic) bond motifs is 1. The standard InChI is InChI=1S/C18H25N3O3/c1-11(6-7-18(2,3)4)20-16(22)13-8-12-9-14(17(23)24-5)19-10-15(12)21-13/h8-11,21H,6-7H2,1-5H3,(H,20,22). The molecule has 1 amide bonds. The molecule has 24 heavy (non-hydrogen) atoms. The number of methoxy groups -OCH3 is 1. The number of nitrogens with zero attached hydrogens (tertiary/aromatic N) is 1. The van der Waals surface area contributed by atoms with Crippen molar-refractivity contribution in [1.82, 2.24) is 15.3 Å². The molecule has 2 rings (SSSR count). The van der Waals surface area contributed by atoms with Crippen molar-refractivity contribution in [3.8, 4) is 0 Å². The zero-order valence-electron chi connectivity index (χ0n) is 14.9. The van der Waals surface area contributed by atoms with Crippen molar-refractivity contribution in [2.24, 2.45) is 5.41 Å². The zero-order chi connectivity index (χ0) is 17.9. The first-order valence-electron chi connectivity index (χ1n) is 8.07. The van der Waals surface area contributed by atoms with Gasteiger partial charge in [-0.05, 0) is 37.3 Å². The number of rotatable bonds is 5. The van der Waals surface area contributed by atoms with Crippen LogP contribution in [0.5, 0.6) is 0 Å². The average molecular weight is 331 g/mol. The molecule has 0 spiro atoms. The summed E-state index contributed by atoms with van der Waals surface area (Å²) < 4.78 is 4.66. The van der Waals surface area contributed by atoms with Gasteiger partial charge < -0.3 is 15.0 Å². The number of aromatic amines is 1. The molecule has 1 atom stereocenters. The number of carbonyl (C=O) groups is 2. The minimum absolute atomic E-state index is 0.0897. The maximum absolute atomic E-state index is 12.4. The van der Waals surface area contributed by atoms with Crippen LogP contribution in [0.4, 0.5) is 0 Å². The van der Waals surface area contributed by atoms with Gasteiger partial charge in [-0.3, -0.25) is 4.79 Å². The molecule has 0 saturated heterocycles. The van der Waals surface area contributed by atoms with Gasteiger partial charge in [-0.2, -0.15) is 0 Å². The van der Waals surface area contributed by atoms with Gasteiger partial charge in [0.15, 0.2) is 0 Å². The van der Waals surface area contributed by atoms with Gasteiger partial charge >= 0.3 is 5.97 Å². The summed E-state index contributed by atoms with van der Waals surface area (Å²) in [6.45, 7) is 8.56. The van der Waals surface area contributed by atoms with E-state index in [1.54, 1.807) is 12.1 Å². The lowest BCUT2D eigenvalue weighted by Crippen LogP contribution is -2.33. The number of H-pyrrole nitrogens is 1. The second-order valence-corrected chi connectivity index (χ2v) is 7.31. The summed E-state index contributed by atoms with van der Waals surface area (Å²) in [5.74, 6) is -0.660. The van der Waals surface area contributed by atoms with Crippen LogP contribution in [0.25, 0.3) is 10.9 Å². The summed E-state index contributed by atoms with van der Waals surface area (Å²) in [7, 11) is 1.31. The number of esters is 1. The van der Waals surface area contributed by atoms with Gasteiger partial charge in [0, 0.05) is 11.4 Å². The molecule has 0 aliphatic rings. The van der Waals surface area contributed by atoms with E-state index in [1.165, 1.54) is 13.3 Å². The highest BCUT2D eigenvalue weighted by Gasteiger charge is 2.17. The van der Waals surface area contributed by atoms with E-state index in [9.17, 15) is 9.59 Å². The van der Waals surface area contributed by atoms with Crippen LogP contribution < -0.4 is 5.32 Å². The van der Waals surface area contributed by atoms with Crippen LogP contribution in [0.15, 0.2) is 18.3 Å². The Labute approximate surface area is 142 Å². The third kappa shape index (κ3) is 4.57. The Morgan fingerprint density at radius 1 is 1.33 bits per heavy atom. The molecule has 2 heterocycles. The monoisotopic (exact) mass is 331 g/mol. The van der Waals surface area contributed by atoms with Gasteiger partial charge in [0.2, 0.25) is 0 Å². The van der Waals surface area contributed by atoms with Crippen molar-refractivity contribution < 1.29 is 14.3 Å². The number of nitrogens with one attached hydrogen (secondary N) is 2. The fourth-order valence-electron chi connectivity index (χ4n) is 2.39. The molecule has 0 radical (unpaired) electrons. The van der Waals surface area contributed by atoms with E-state index in [2.05, 4.69) is 40.8 Å². The lowest BCUT2D eigenvalue weighted by molar-refractivity contribution is 0.0594. The number of ether oxygens (including phenoxy) is 1. The smallest absolute Gasteiger partial charge is 0.356 e. The summed E-state index contributed by atoms with van der Waals surface area (Å²) in [6.07, 6.45) is 3.48. The van der Waals surface area contributed by atoms with Gasteiger partial charge in [0.1, 0.15) is 11.4 Å². The van der Waals surface area contributed by atoms with Crippen molar-refractivity contribution in [3.05, 3.63) is 29.7 Å². The van der Waals surface area contributed by atoms with Crippen LogP contribution in [0, 0.1) is 5.41 Å². The lowest BCUT2D eigenvalue weighted by Gasteiger charge is -2.21. The normalized spacial score (nSPS) is 12.9. The summed E-state index contributed by atoms with van der Waals surface area (Å²) in [4.78, 5) is 31.0. The first-order chi connectivity index (χ1) is 11.2. The molecule has 2 aromatic rings. The van der Waals surface area contributed by atoms with Crippen molar-refractivity contribution in [2.75, 3.05) is 7.11 Å². The van der Waals surface area contributed by atoms with Crippen LogP contribution in [0.1, 0.15) is 61.5 Å². The molecular formula is C18H25N3O3. The molecule has 1 unspecified atom stereocenters. The number of hydrogen-bond donors (Lipinski definition) is 2. The number of aromatic nitrogens is 2. The Bertz CT molecular complexity index is 744. The predicted octanol–water partition coefficient (Wildman–Crippen LogP) is 3.29. The summed E-state index contributed by atoms with van der Waals surface area (Å²) >= 11 is 0. The third-order valence-corrected chi connectivity index (χ3v) is 3.85. The molecule has 0 bridgehead atoms. The van der Waals surface area contributed by atoms with Crippen molar-refractivity contribution in [2.45, 2.75) is 46.6 Å². The molecule has 6 nitrogen and oxygen atoms in total. The maximum atomic E-state index is 12.4. The highest BCUT2D eigenvalue weighted by molar-refractivity contribution is 5.99. The number of carbonyl (C=O) groups excluding carboxylic acids is 2. The molecule has 0 aliphatic heterocycles. The fraction of sp³-hybridized carbons (Fsp3) is 0.500. The quantitative estimate of drug-likeness (QED) is 0.823. The van der Waals surface area contributed by atoms with Crippen molar-refractivity contribution in [1.29, 1.82) is 0 Å². The van der Waals surface area contributed by atoms with Gasteiger partial charge in [-0.1, -0.05) is 20.8 Å². The minimum atomic E-state index is -0.500. The Morgan fingerprint density at radius 2 is 2.04 bits per heavy atom. The third-order valence-electron chi connectivity index (χ3n) is 3.85. The predicted molar refractivity (Wildman–Crippen MR) is 93.1 cm³/mol. The highest BCUT2D eigenvalue weighted by atomic mass is 16.5. The first-order valence-corrected chi connectivity index (χ1v) is 8.07. The number of amides is 1. The van der Waals surface area contributed by atoms with E-state index in [1.807, 2.05) is 6.92 Å². The van der Waals surface area contributed by atoms with Crippen LogP contribution >= 0.6 is 0 Å². The Morgan fingerprint density at radius 3 is 2.67 bits per heavy atom. The van der Waals surface area contributed by atoms with E-state index in [4.69, 9.17) is 0 Å². The average Bonchev–Trinajstić information content (AvgIpc) is 2.94. The van der Waals surface area contributed by atoms with E-state index in [-0.39, 0.29) is 23.1 Å². The van der Waals surface area contributed by atoms with E-state index >= 15 is 0 Å². The Kier molecular flexibility index (Phi) is 5.26. The van der Waals surface area contributed by atoms with Gasteiger partial charge in [0.05, 0.1) is 18.8 Å². The fourth-order valence-corrected chi connectivity index (χ4v) is 2.39. The molecule has 0 saturated carbocycles. The molecule has 2 aromatic heterocycles. The zero-order valence-corrected chi connectivity index (χ0v) is 14.9. The Hall–Kier alpha value is -2.37. The first kappa shape index (κ1) is 18.0. The number of pyridine rings is 1. The molecule has 0 fully saturated rings. The molecule has 0 aromatic carbocycles. The van der Waals surface area contributed by atoms with Gasteiger partial charge in [0.25, 0.3) is 5.91 Å². The topological polar surface area (TPSA) is 84.1 Å². The largest absolute Gasteiger partial charge is 0.464 e. The Balaban J connectivity index is 2.08. The van der Waals surface area contributed by atoms with Crippen LogP contribution in [-0.4, -0.2) is 35.0 Å². The van der Waals surface area contributed by atoms with Gasteiger partial charge in [-0.15, -0.1) is 0 Å². The van der Waals surface area contributed by atoms with Gasteiger partial charge in [-0.25, -0.2) is 9.78 Å². The highest BCUT2D eigenvalue weighted by Crippen LogP contribution is 2.22.